The third kappa shape index (κ3) is 3.06. The molecule has 4 nitrogen and oxygen atoms in total. The van der Waals surface area contributed by atoms with E-state index in [0.717, 1.165) is 6.07 Å². The van der Waals surface area contributed by atoms with Gasteiger partial charge in [0.1, 0.15) is 0 Å². The fourth-order valence-corrected chi connectivity index (χ4v) is 1.31. The van der Waals surface area contributed by atoms with Crippen LogP contribution in [0.25, 0.3) is 0 Å². The Balaban J connectivity index is 2.96. The number of pyridine rings is 1. The average Bonchev–Trinajstić information content (AvgIpc) is 2.14. The lowest BCUT2D eigenvalue weighted by Crippen LogP contribution is -2.34. The predicted octanol–water partition coefficient (Wildman–Crippen LogP) is 1.19. The molecule has 0 fully saturated rings. The number of anilines is 1. The van der Waals surface area contributed by atoms with E-state index in [1.54, 1.807) is 6.92 Å². The molecule has 0 saturated heterocycles. The maximum atomic E-state index is 13.4. The zero-order chi connectivity index (χ0) is 11.4. The fourth-order valence-electron chi connectivity index (χ4n) is 1.16. The Morgan fingerprint density at radius 1 is 1.73 bits per heavy atom. The predicted molar refractivity (Wildman–Crippen MR) is 56.3 cm³/mol. The average molecular weight is 232 g/mol. The number of likely N-dealkylation sites (N-methyl/N-ethyl adjacent to an activating group) is 1. The van der Waals surface area contributed by atoms with Gasteiger partial charge in [-0.3, -0.25) is 4.79 Å². The largest absolute Gasteiger partial charge is 0.368 e. The fraction of sp³-hybridized carbons (Fsp3) is 0.333. The first kappa shape index (κ1) is 11.7. The molecular formula is C9H11ClFN3O. The molecular weight excluding hydrogens is 221 g/mol. The Bertz CT molecular complexity index is 372. The summed E-state index contributed by atoms with van der Waals surface area (Å²) in [5.74, 6) is -1.01. The van der Waals surface area contributed by atoms with Crippen molar-refractivity contribution in [2.24, 2.45) is 5.73 Å². The lowest BCUT2D eigenvalue weighted by atomic mass is 10.4. The van der Waals surface area contributed by atoms with Crippen LogP contribution in [0, 0.1) is 5.82 Å². The van der Waals surface area contributed by atoms with Gasteiger partial charge in [-0.15, -0.1) is 0 Å². The third-order valence-corrected chi connectivity index (χ3v) is 2.02. The number of hydrogen-bond acceptors (Lipinski definition) is 3. The zero-order valence-electron chi connectivity index (χ0n) is 8.20. The van der Waals surface area contributed by atoms with E-state index in [-0.39, 0.29) is 17.4 Å². The first-order valence-electron chi connectivity index (χ1n) is 4.39. The van der Waals surface area contributed by atoms with Crippen molar-refractivity contribution < 1.29 is 9.18 Å². The van der Waals surface area contributed by atoms with Crippen molar-refractivity contribution in [3.63, 3.8) is 0 Å². The van der Waals surface area contributed by atoms with Crippen molar-refractivity contribution in [2.75, 3.05) is 18.0 Å². The Morgan fingerprint density at radius 3 is 2.87 bits per heavy atom. The van der Waals surface area contributed by atoms with E-state index in [2.05, 4.69) is 4.98 Å². The van der Waals surface area contributed by atoms with Gasteiger partial charge in [-0.1, -0.05) is 11.6 Å². The van der Waals surface area contributed by atoms with Gasteiger partial charge >= 0.3 is 0 Å². The number of carbonyl (C=O) groups excluding carboxylic acids is 1. The molecule has 1 aromatic rings. The van der Waals surface area contributed by atoms with E-state index in [0.29, 0.717) is 6.54 Å². The van der Waals surface area contributed by atoms with Crippen molar-refractivity contribution in [2.45, 2.75) is 6.92 Å². The van der Waals surface area contributed by atoms with Crippen molar-refractivity contribution >= 4 is 23.3 Å². The van der Waals surface area contributed by atoms with E-state index in [9.17, 15) is 9.18 Å². The van der Waals surface area contributed by atoms with Gasteiger partial charge in [0, 0.05) is 12.7 Å². The van der Waals surface area contributed by atoms with Crippen LogP contribution in [-0.2, 0) is 4.79 Å². The van der Waals surface area contributed by atoms with Crippen LogP contribution in [0.15, 0.2) is 12.3 Å². The summed E-state index contributed by atoms with van der Waals surface area (Å²) in [7, 11) is 0. The van der Waals surface area contributed by atoms with Gasteiger partial charge in [0.15, 0.2) is 11.6 Å². The van der Waals surface area contributed by atoms with E-state index in [1.165, 1.54) is 11.1 Å². The molecule has 2 N–H and O–H groups in total. The summed E-state index contributed by atoms with van der Waals surface area (Å²) in [6.45, 7) is 2.15. The lowest BCUT2D eigenvalue weighted by Gasteiger charge is -2.20. The molecule has 1 amide bonds. The number of rotatable bonds is 4. The van der Waals surface area contributed by atoms with E-state index in [1.807, 2.05) is 0 Å². The Hall–Kier alpha value is -1.36. The highest BCUT2D eigenvalue weighted by Gasteiger charge is 2.13. The molecule has 0 aliphatic heterocycles. The van der Waals surface area contributed by atoms with Crippen LogP contribution < -0.4 is 10.6 Å². The molecule has 1 aromatic heterocycles. The lowest BCUT2D eigenvalue weighted by molar-refractivity contribution is -0.116. The van der Waals surface area contributed by atoms with Crippen LogP contribution in [0.3, 0.4) is 0 Å². The van der Waals surface area contributed by atoms with Gasteiger partial charge in [0.2, 0.25) is 5.91 Å². The maximum Gasteiger partial charge on any atom is 0.236 e. The van der Waals surface area contributed by atoms with Crippen molar-refractivity contribution in [1.29, 1.82) is 0 Å². The van der Waals surface area contributed by atoms with Crippen LogP contribution >= 0.6 is 11.6 Å². The molecule has 1 rings (SSSR count). The maximum absolute atomic E-state index is 13.4. The Labute approximate surface area is 91.8 Å². The van der Waals surface area contributed by atoms with Crippen LogP contribution in [-0.4, -0.2) is 24.0 Å². The topological polar surface area (TPSA) is 59.2 Å². The SMILES string of the molecule is CCN(CC(N)=O)c1ncc(Cl)cc1F. The molecule has 0 radical (unpaired) electrons. The van der Waals surface area contributed by atoms with Crippen molar-refractivity contribution in [3.8, 4) is 0 Å². The summed E-state index contributed by atoms with van der Waals surface area (Å²) in [6, 6.07) is 1.15. The normalized spacial score (nSPS) is 10.1. The van der Waals surface area contributed by atoms with E-state index < -0.39 is 11.7 Å². The molecule has 0 aromatic carbocycles. The summed E-state index contributed by atoms with van der Waals surface area (Å²) in [5.41, 5.74) is 5.03. The second kappa shape index (κ2) is 4.93. The van der Waals surface area contributed by atoms with Gasteiger partial charge in [-0.25, -0.2) is 9.37 Å². The van der Waals surface area contributed by atoms with Crippen molar-refractivity contribution in [3.05, 3.63) is 23.1 Å². The standard InChI is InChI=1S/C9H11ClFN3O/c1-2-14(5-8(12)15)9-7(11)3-6(10)4-13-9/h3-4H,2,5H2,1H3,(H2,12,15). The highest BCUT2D eigenvalue weighted by molar-refractivity contribution is 6.30. The van der Waals surface area contributed by atoms with E-state index in [4.69, 9.17) is 17.3 Å². The summed E-state index contributed by atoms with van der Waals surface area (Å²) >= 11 is 5.56. The third-order valence-electron chi connectivity index (χ3n) is 1.82. The molecule has 0 bridgehead atoms. The van der Waals surface area contributed by atoms with Crippen LogP contribution in [0.4, 0.5) is 10.2 Å². The summed E-state index contributed by atoms with van der Waals surface area (Å²) in [4.78, 5) is 16.0. The monoisotopic (exact) mass is 231 g/mol. The molecule has 0 atom stereocenters. The van der Waals surface area contributed by atoms with E-state index >= 15 is 0 Å². The molecule has 0 saturated carbocycles. The highest BCUT2D eigenvalue weighted by atomic mass is 35.5. The molecule has 0 aliphatic carbocycles. The number of nitrogens with zero attached hydrogens (tertiary/aromatic N) is 2. The Kier molecular flexibility index (Phi) is 3.85. The van der Waals surface area contributed by atoms with Gasteiger partial charge in [-0.2, -0.15) is 0 Å². The van der Waals surface area contributed by atoms with Gasteiger partial charge in [0.25, 0.3) is 0 Å². The minimum absolute atomic E-state index is 0.0674. The summed E-state index contributed by atoms with van der Waals surface area (Å²) in [5, 5.41) is 0.214. The van der Waals surface area contributed by atoms with Gasteiger partial charge in [0.05, 0.1) is 11.6 Å². The van der Waals surface area contributed by atoms with Crippen LogP contribution in [0.5, 0.6) is 0 Å². The molecule has 0 spiro atoms. The minimum atomic E-state index is -0.564. The van der Waals surface area contributed by atoms with Crippen LogP contribution in [0.1, 0.15) is 6.92 Å². The molecule has 6 heteroatoms. The number of hydrogen-bond donors (Lipinski definition) is 1. The van der Waals surface area contributed by atoms with Gasteiger partial charge < -0.3 is 10.6 Å². The van der Waals surface area contributed by atoms with Gasteiger partial charge in [-0.05, 0) is 13.0 Å². The number of nitrogens with two attached hydrogens (primary N) is 1. The minimum Gasteiger partial charge on any atom is -0.368 e. The first-order chi connectivity index (χ1) is 7.04. The quantitative estimate of drug-likeness (QED) is 0.847. The molecule has 1 heterocycles. The number of primary amides is 1. The smallest absolute Gasteiger partial charge is 0.236 e. The molecule has 15 heavy (non-hydrogen) atoms. The summed E-state index contributed by atoms with van der Waals surface area (Å²) in [6.07, 6.45) is 1.32. The number of halogens is 2. The summed E-state index contributed by atoms with van der Waals surface area (Å²) < 4.78 is 13.4. The second-order valence-electron chi connectivity index (χ2n) is 2.94. The van der Waals surface area contributed by atoms with Crippen molar-refractivity contribution in [1.82, 2.24) is 4.98 Å². The molecule has 0 aliphatic rings. The first-order valence-corrected chi connectivity index (χ1v) is 4.76. The second-order valence-corrected chi connectivity index (χ2v) is 3.38. The number of aromatic nitrogens is 1. The number of amides is 1. The number of carbonyl (C=O) groups is 1. The highest BCUT2D eigenvalue weighted by Crippen LogP contribution is 2.18. The van der Waals surface area contributed by atoms with Crippen LogP contribution in [0.2, 0.25) is 5.02 Å². The molecule has 82 valence electrons. The Morgan fingerprint density at radius 2 is 2.40 bits per heavy atom. The zero-order valence-corrected chi connectivity index (χ0v) is 8.96. The molecule has 0 unspecified atom stereocenters.